The van der Waals surface area contributed by atoms with Crippen molar-refractivity contribution in [2.45, 2.75) is 21.3 Å². The molecule has 0 spiro atoms. The van der Waals surface area contributed by atoms with Gasteiger partial charge in [0.05, 0.1) is 22.9 Å². The van der Waals surface area contributed by atoms with Gasteiger partial charge in [-0.2, -0.15) is 0 Å². The van der Waals surface area contributed by atoms with E-state index in [2.05, 4.69) is 21.4 Å². The lowest BCUT2D eigenvalue weighted by Crippen LogP contribution is -2.21. The maximum atomic E-state index is 11.0. The second-order valence-electron chi connectivity index (χ2n) is 7.76. The van der Waals surface area contributed by atoms with Gasteiger partial charge in [-0.1, -0.05) is 75.2 Å². The van der Waals surface area contributed by atoms with Gasteiger partial charge in [0, 0.05) is 29.7 Å². The first-order valence-corrected chi connectivity index (χ1v) is 12.1. The molecule has 0 bridgehead atoms. The largest absolute Gasteiger partial charge is 0.398 e. The number of hydrogen-bond acceptors (Lipinski definition) is 7. The predicted molar refractivity (Wildman–Crippen MR) is 160 cm³/mol. The van der Waals surface area contributed by atoms with Gasteiger partial charge >= 0.3 is 0 Å². The Balaban J connectivity index is 0.000000199. The van der Waals surface area contributed by atoms with Crippen LogP contribution in [0, 0.1) is 10.1 Å². The fraction of sp³-hybridized carbons (Fsp3) is 0.0968. The molecular formula is C31H30N6O2. The van der Waals surface area contributed by atoms with Crippen LogP contribution >= 0.6 is 0 Å². The number of benzene rings is 2. The lowest BCUT2D eigenvalue weighted by molar-refractivity contribution is -0.385. The third-order valence-electron chi connectivity index (χ3n) is 5.44. The normalized spacial score (nSPS) is 15.1. The first kappa shape index (κ1) is 28.2. The summed E-state index contributed by atoms with van der Waals surface area (Å²) in [6.07, 6.45) is 18.8. The van der Waals surface area contributed by atoms with Crippen LogP contribution in [-0.2, 0) is 0 Å². The van der Waals surface area contributed by atoms with Gasteiger partial charge in [-0.15, -0.1) is 0 Å². The van der Waals surface area contributed by atoms with Crippen molar-refractivity contribution in [1.82, 2.24) is 9.80 Å². The first-order valence-electron chi connectivity index (χ1n) is 12.1. The minimum atomic E-state index is -0.410. The number of para-hydroxylation sites is 2. The third kappa shape index (κ3) is 6.48. The summed E-state index contributed by atoms with van der Waals surface area (Å²) in [5.74, 6) is 1.60. The minimum absolute atomic E-state index is 0. The fourth-order valence-corrected chi connectivity index (χ4v) is 3.68. The SMILES string of the molecule is C.CC.Nc1ccccc1C1=C=CN2C=CC=CC2=N1.O=[N+]([O-])c1ccccc1C1=C=CN2C=CC=CC2=N1. The Morgan fingerprint density at radius 3 is 1.79 bits per heavy atom. The Morgan fingerprint density at radius 2 is 1.26 bits per heavy atom. The molecule has 4 aliphatic rings. The third-order valence-corrected chi connectivity index (χ3v) is 5.44. The number of nitrogens with two attached hydrogens (primary N) is 1. The molecule has 39 heavy (non-hydrogen) atoms. The molecule has 0 aliphatic carbocycles. The van der Waals surface area contributed by atoms with Gasteiger partial charge in [-0.3, -0.25) is 10.1 Å². The molecule has 0 amide bonds. The zero-order valence-corrected chi connectivity index (χ0v) is 21.0. The number of hydrogen-bond donors (Lipinski definition) is 1. The average Bonchev–Trinajstić information content (AvgIpc) is 2.98. The number of amidine groups is 2. The monoisotopic (exact) mass is 518 g/mol. The number of fused-ring (bicyclic) bond motifs is 2. The molecule has 4 heterocycles. The summed E-state index contributed by atoms with van der Waals surface area (Å²) in [6.45, 7) is 4.00. The summed E-state index contributed by atoms with van der Waals surface area (Å²) in [5.41, 5.74) is 15.4. The standard InChI is InChI=1S/C14H9N3O2.C14H11N3.C2H6.CH4/c18-17(19)13-6-2-1-5-11(13)12-8-10-16-9-4-3-7-14(16)15-12;15-12-6-2-1-5-11(12)13-8-10-17-9-4-3-7-14(17)16-13;1-2;/h1-7,9-10H;1-7,9-10H,15H2;1-2H3;1H4. The number of nitro groups is 1. The summed E-state index contributed by atoms with van der Waals surface area (Å²) in [6, 6.07) is 14.2. The van der Waals surface area contributed by atoms with Crippen LogP contribution in [0.2, 0.25) is 0 Å². The fourth-order valence-electron chi connectivity index (χ4n) is 3.68. The summed E-state index contributed by atoms with van der Waals surface area (Å²) in [7, 11) is 0. The number of allylic oxidation sites excluding steroid dienone is 4. The second-order valence-corrected chi connectivity index (χ2v) is 7.76. The maximum absolute atomic E-state index is 11.0. The van der Waals surface area contributed by atoms with E-state index in [1.807, 2.05) is 98.1 Å². The highest BCUT2D eigenvalue weighted by Crippen LogP contribution is 2.28. The zero-order chi connectivity index (χ0) is 26.9. The van der Waals surface area contributed by atoms with Crippen molar-refractivity contribution in [3.63, 3.8) is 0 Å². The van der Waals surface area contributed by atoms with Crippen molar-refractivity contribution >= 4 is 34.4 Å². The van der Waals surface area contributed by atoms with Crippen LogP contribution in [-0.4, -0.2) is 26.4 Å². The molecule has 2 N–H and O–H groups in total. The van der Waals surface area contributed by atoms with Crippen LogP contribution in [0.4, 0.5) is 11.4 Å². The Bertz CT molecular complexity index is 1560. The number of aliphatic imine (C=N–C) groups is 2. The number of nitrogens with zero attached hydrogens (tertiary/aromatic N) is 5. The van der Waals surface area contributed by atoms with E-state index in [0.29, 0.717) is 11.3 Å². The van der Waals surface area contributed by atoms with E-state index in [1.54, 1.807) is 29.3 Å². The van der Waals surface area contributed by atoms with Crippen LogP contribution in [0.1, 0.15) is 32.4 Å². The molecule has 4 aliphatic heterocycles. The molecule has 0 atom stereocenters. The van der Waals surface area contributed by atoms with Crippen LogP contribution in [0.25, 0.3) is 11.4 Å². The van der Waals surface area contributed by atoms with E-state index >= 15 is 0 Å². The highest BCUT2D eigenvalue weighted by molar-refractivity contribution is 6.01. The van der Waals surface area contributed by atoms with Gasteiger partial charge < -0.3 is 15.5 Å². The maximum Gasteiger partial charge on any atom is 0.279 e. The van der Waals surface area contributed by atoms with Crippen LogP contribution in [0.5, 0.6) is 0 Å². The Hall–Kier alpha value is -5.42. The van der Waals surface area contributed by atoms with E-state index in [1.165, 1.54) is 6.07 Å². The summed E-state index contributed by atoms with van der Waals surface area (Å²) in [4.78, 5) is 23.3. The number of anilines is 1. The van der Waals surface area contributed by atoms with Gasteiger partial charge in [0.15, 0.2) is 0 Å². The van der Waals surface area contributed by atoms with Gasteiger partial charge in [0.1, 0.15) is 23.1 Å². The minimum Gasteiger partial charge on any atom is -0.398 e. The van der Waals surface area contributed by atoms with Crippen molar-refractivity contribution in [3.8, 4) is 0 Å². The molecule has 0 radical (unpaired) electrons. The quantitative estimate of drug-likeness (QED) is 0.203. The Kier molecular flexibility index (Phi) is 9.54. The summed E-state index contributed by atoms with van der Waals surface area (Å²) >= 11 is 0. The van der Waals surface area contributed by atoms with Crippen molar-refractivity contribution in [3.05, 3.63) is 142 Å². The first-order chi connectivity index (χ1) is 18.6. The smallest absolute Gasteiger partial charge is 0.279 e. The number of rotatable bonds is 3. The van der Waals surface area contributed by atoms with Crippen molar-refractivity contribution in [2.75, 3.05) is 5.73 Å². The molecular weight excluding hydrogens is 488 g/mol. The van der Waals surface area contributed by atoms with Gasteiger partial charge in [0.2, 0.25) is 0 Å². The lowest BCUT2D eigenvalue weighted by atomic mass is 10.1. The van der Waals surface area contributed by atoms with E-state index < -0.39 is 4.92 Å². The van der Waals surface area contributed by atoms with Crippen LogP contribution in [0.15, 0.2) is 131 Å². The Morgan fingerprint density at radius 1 is 0.769 bits per heavy atom. The van der Waals surface area contributed by atoms with Crippen molar-refractivity contribution < 1.29 is 4.92 Å². The van der Waals surface area contributed by atoms with E-state index in [9.17, 15) is 10.1 Å². The van der Waals surface area contributed by atoms with Crippen LogP contribution in [0.3, 0.4) is 0 Å². The zero-order valence-electron chi connectivity index (χ0n) is 21.0. The molecule has 0 saturated heterocycles. The van der Waals surface area contributed by atoms with E-state index in [4.69, 9.17) is 5.73 Å². The van der Waals surface area contributed by atoms with Crippen LogP contribution < -0.4 is 5.73 Å². The highest BCUT2D eigenvalue weighted by Gasteiger charge is 2.19. The molecule has 2 aromatic carbocycles. The van der Waals surface area contributed by atoms with E-state index in [0.717, 1.165) is 28.6 Å². The molecule has 0 unspecified atom stereocenters. The van der Waals surface area contributed by atoms with E-state index in [-0.39, 0.29) is 13.1 Å². The highest BCUT2D eigenvalue weighted by atomic mass is 16.6. The second kappa shape index (κ2) is 13.2. The Labute approximate surface area is 228 Å². The predicted octanol–water partition coefficient (Wildman–Crippen LogP) is 7.03. The lowest BCUT2D eigenvalue weighted by Gasteiger charge is -2.20. The molecule has 8 heteroatoms. The molecule has 196 valence electrons. The molecule has 6 rings (SSSR count). The topological polar surface area (TPSA) is 100 Å². The molecule has 8 nitrogen and oxygen atoms in total. The molecule has 0 saturated carbocycles. The molecule has 0 fully saturated rings. The molecule has 2 aromatic rings. The number of nitro benzene ring substituents is 1. The molecule has 0 aromatic heterocycles. The summed E-state index contributed by atoms with van der Waals surface area (Å²) < 4.78 is 0. The average molecular weight is 519 g/mol. The summed E-state index contributed by atoms with van der Waals surface area (Å²) in [5, 5.41) is 11.0. The number of nitrogen functional groups attached to an aromatic ring is 1. The van der Waals surface area contributed by atoms with Gasteiger partial charge in [-0.05, 0) is 36.4 Å². The van der Waals surface area contributed by atoms with Gasteiger partial charge in [-0.25, -0.2) is 9.98 Å². The van der Waals surface area contributed by atoms with Crippen molar-refractivity contribution in [2.24, 2.45) is 9.98 Å². The van der Waals surface area contributed by atoms with Crippen molar-refractivity contribution in [1.29, 1.82) is 0 Å². The van der Waals surface area contributed by atoms with Gasteiger partial charge in [0.25, 0.3) is 5.69 Å².